The van der Waals surface area contributed by atoms with Crippen molar-refractivity contribution >= 4 is 11.4 Å². The maximum absolute atomic E-state index is 6.27. The average molecular weight is 308 g/mol. The minimum atomic E-state index is 0.665. The molecule has 118 valence electrons. The summed E-state index contributed by atoms with van der Waals surface area (Å²) in [4.78, 5) is 4.63. The molecular formula is C19H20N2O2. The Morgan fingerprint density at radius 2 is 1.96 bits per heavy atom. The first-order chi connectivity index (χ1) is 11.2. The first-order valence-corrected chi connectivity index (χ1v) is 7.55. The van der Waals surface area contributed by atoms with Crippen LogP contribution < -0.4 is 15.2 Å². The lowest BCUT2D eigenvalue weighted by atomic mass is 9.95. The molecule has 0 aromatic heterocycles. The number of fused-ring (bicyclic) bond motifs is 1. The molecule has 2 N–H and O–H groups in total. The first kappa shape index (κ1) is 15.2. The molecule has 1 heterocycles. The fourth-order valence-corrected chi connectivity index (χ4v) is 2.78. The molecule has 3 rings (SSSR count). The molecule has 2 aromatic rings. The smallest absolute Gasteiger partial charge is 0.122 e. The van der Waals surface area contributed by atoms with Crippen LogP contribution in [0.1, 0.15) is 16.7 Å². The van der Waals surface area contributed by atoms with Crippen molar-refractivity contribution in [1.29, 1.82) is 0 Å². The molecule has 23 heavy (non-hydrogen) atoms. The van der Waals surface area contributed by atoms with E-state index in [0.29, 0.717) is 5.70 Å². The number of nitrogens with zero attached hydrogens (tertiary/aromatic N) is 1. The summed E-state index contributed by atoms with van der Waals surface area (Å²) in [6, 6.07) is 13.7. The van der Waals surface area contributed by atoms with Gasteiger partial charge in [-0.25, -0.2) is 0 Å². The van der Waals surface area contributed by atoms with Crippen LogP contribution in [0.5, 0.6) is 11.5 Å². The van der Waals surface area contributed by atoms with Crippen LogP contribution >= 0.6 is 0 Å². The maximum atomic E-state index is 6.27. The van der Waals surface area contributed by atoms with E-state index in [1.54, 1.807) is 14.2 Å². The highest BCUT2D eigenvalue weighted by atomic mass is 16.5. The molecule has 0 fully saturated rings. The van der Waals surface area contributed by atoms with Gasteiger partial charge in [-0.05, 0) is 30.7 Å². The van der Waals surface area contributed by atoms with Crippen molar-refractivity contribution in [2.75, 3.05) is 20.8 Å². The number of hydrogen-bond donors (Lipinski definition) is 1. The van der Waals surface area contributed by atoms with Crippen molar-refractivity contribution in [1.82, 2.24) is 0 Å². The van der Waals surface area contributed by atoms with E-state index >= 15 is 0 Å². The second kappa shape index (κ2) is 6.57. The van der Waals surface area contributed by atoms with Gasteiger partial charge in [-0.3, -0.25) is 4.99 Å². The van der Waals surface area contributed by atoms with Gasteiger partial charge in [0.15, 0.2) is 0 Å². The van der Waals surface area contributed by atoms with Crippen LogP contribution in [-0.2, 0) is 6.42 Å². The molecule has 1 aliphatic rings. The number of nitrogens with two attached hydrogens (primary N) is 1. The van der Waals surface area contributed by atoms with E-state index in [2.05, 4.69) is 11.1 Å². The maximum Gasteiger partial charge on any atom is 0.122 e. The minimum Gasteiger partial charge on any atom is -0.497 e. The second-order valence-corrected chi connectivity index (χ2v) is 5.33. The van der Waals surface area contributed by atoms with E-state index in [1.807, 2.05) is 42.5 Å². The predicted molar refractivity (Wildman–Crippen MR) is 93.3 cm³/mol. The standard InChI is InChI=1S/C19H20N2O2/c1-22-14-6-3-5-13(11-14)17(20)12-18-15-7-4-8-19(23-2)16(15)9-10-21-18/h3-8,11-12H,9-10,20H2,1-2H3. The summed E-state index contributed by atoms with van der Waals surface area (Å²) in [6.45, 7) is 0.741. The SMILES string of the molecule is COc1cccc(C(N)=CC2=NCCc3c(OC)cccc32)c1. The second-order valence-electron chi connectivity index (χ2n) is 5.33. The van der Waals surface area contributed by atoms with Crippen molar-refractivity contribution < 1.29 is 9.47 Å². The van der Waals surface area contributed by atoms with E-state index in [0.717, 1.165) is 41.3 Å². The zero-order valence-corrected chi connectivity index (χ0v) is 13.4. The summed E-state index contributed by atoms with van der Waals surface area (Å²) in [5.74, 6) is 1.69. The van der Waals surface area contributed by atoms with Crippen molar-refractivity contribution in [3.05, 3.63) is 65.2 Å². The zero-order valence-electron chi connectivity index (χ0n) is 13.4. The molecule has 0 saturated carbocycles. The zero-order chi connectivity index (χ0) is 16.2. The van der Waals surface area contributed by atoms with Crippen LogP contribution in [0.15, 0.2) is 53.5 Å². The third kappa shape index (κ3) is 3.06. The van der Waals surface area contributed by atoms with Gasteiger partial charge in [-0.2, -0.15) is 0 Å². The summed E-state index contributed by atoms with van der Waals surface area (Å²) in [7, 11) is 3.34. The Bertz CT molecular complexity index is 779. The lowest BCUT2D eigenvalue weighted by Crippen LogP contribution is -2.13. The molecule has 0 spiro atoms. The van der Waals surface area contributed by atoms with Crippen LogP contribution in [0, 0.1) is 0 Å². The Morgan fingerprint density at radius 1 is 1.13 bits per heavy atom. The lowest BCUT2D eigenvalue weighted by molar-refractivity contribution is 0.409. The number of hydrogen-bond acceptors (Lipinski definition) is 4. The predicted octanol–water partition coefficient (Wildman–Crippen LogP) is 3.05. The quantitative estimate of drug-likeness (QED) is 0.944. The van der Waals surface area contributed by atoms with E-state index in [1.165, 1.54) is 5.56 Å². The minimum absolute atomic E-state index is 0.665. The summed E-state index contributed by atoms with van der Waals surface area (Å²) in [5.41, 5.74) is 11.0. The molecule has 4 heteroatoms. The number of aliphatic imine (C=N–C) groups is 1. The summed E-state index contributed by atoms with van der Waals surface area (Å²) < 4.78 is 10.7. The Kier molecular flexibility index (Phi) is 4.33. The topological polar surface area (TPSA) is 56.8 Å². The number of rotatable bonds is 4. The highest BCUT2D eigenvalue weighted by Gasteiger charge is 2.16. The van der Waals surface area contributed by atoms with Crippen LogP contribution in [0.4, 0.5) is 0 Å². The normalized spacial score (nSPS) is 14.0. The Hall–Kier alpha value is -2.75. The molecule has 0 aliphatic carbocycles. The molecule has 0 bridgehead atoms. The summed E-state index contributed by atoms with van der Waals surface area (Å²) >= 11 is 0. The van der Waals surface area contributed by atoms with Gasteiger partial charge in [-0.15, -0.1) is 0 Å². The fourth-order valence-electron chi connectivity index (χ4n) is 2.78. The number of benzene rings is 2. The molecule has 1 aliphatic heterocycles. The lowest BCUT2D eigenvalue weighted by Gasteiger charge is -2.18. The van der Waals surface area contributed by atoms with E-state index in [4.69, 9.17) is 15.2 Å². The highest BCUT2D eigenvalue weighted by Crippen LogP contribution is 2.27. The third-order valence-electron chi connectivity index (χ3n) is 3.97. The van der Waals surface area contributed by atoms with E-state index in [9.17, 15) is 0 Å². The first-order valence-electron chi connectivity index (χ1n) is 7.55. The van der Waals surface area contributed by atoms with Gasteiger partial charge in [0, 0.05) is 28.9 Å². The highest BCUT2D eigenvalue weighted by molar-refractivity contribution is 6.13. The summed E-state index contributed by atoms with van der Waals surface area (Å²) in [5, 5.41) is 0. The van der Waals surface area contributed by atoms with Gasteiger partial charge in [0.25, 0.3) is 0 Å². The van der Waals surface area contributed by atoms with Crippen molar-refractivity contribution in [3.63, 3.8) is 0 Å². The van der Waals surface area contributed by atoms with E-state index < -0.39 is 0 Å². The van der Waals surface area contributed by atoms with Gasteiger partial charge < -0.3 is 15.2 Å². The molecule has 0 saturated heterocycles. The average Bonchev–Trinajstić information content (AvgIpc) is 2.61. The van der Waals surface area contributed by atoms with Crippen molar-refractivity contribution in [2.24, 2.45) is 10.7 Å². The van der Waals surface area contributed by atoms with Gasteiger partial charge in [-0.1, -0.05) is 24.3 Å². The molecular weight excluding hydrogens is 288 g/mol. The van der Waals surface area contributed by atoms with Crippen LogP contribution in [0.25, 0.3) is 5.70 Å². The number of methoxy groups -OCH3 is 2. The van der Waals surface area contributed by atoms with Crippen LogP contribution in [0.2, 0.25) is 0 Å². The molecule has 0 radical (unpaired) electrons. The van der Waals surface area contributed by atoms with Crippen molar-refractivity contribution in [3.8, 4) is 11.5 Å². The third-order valence-corrected chi connectivity index (χ3v) is 3.97. The van der Waals surface area contributed by atoms with Gasteiger partial charge in [0.1, 0.15) is 11.5 Å². The van der Waals surface area contributed by atoms with Gasteiger partial charge >= 0.3 is 0 Å². The molecule has 4 nitrogen and oxygen atoms in total. The summed E-state index contributed by atoms with van der Waals surface area (Å²) in [6.07, 6.45) is 2.81. The van der Waals surface area contributed by atoms with Gasteiger partial charge in [0.2, 0.25) is 0 Å². The van der Waals surface area contributed by atoms with Gasteiger partial charge in [0.05, 0.1) is 19.9 Å². The Labute approximate surface area is 136 Å². The fraction of sp³-hybridized carbons (Fsp3) is 0.211. The van der Waals surface area contributed by atoms with Crippen molar-refractivity contribution in [2.45, 2.75) is 6.42 Å². The number of ether oxygens (including phenoxy) is 2. The Morgan fingerprint density at radius 3 is 2.74 bits per heavy atom. The van der Waals surface area contributed by atoms with E-state index in [-0.39, 0.29) is 0 Å². The number of allylic oxidation sites excluding steroid dienone is 1. The monoisotopic (exact) mass is 308 g/mol. The molecule has 2 aromatic carbocycles. The molecule has 0 amide bonds. The molecule has 0 unspecified atom stereocenters. The largest absolute Gasteiger partial charge is 0.497 e. The van der Waals surface area contributed by atoms with Crippen LogP contribution in [-0.4, -0.2) is 26.5 Å². The Balaban J connectivity index is 1.98. The molecule has 0 atom stereocenters. The van der Waals surface area contributed by atoms with Crippen LogP contribution in [0.3, 0.4) is 0 Å².